The zero-order valence-electron chi connectivity index (χ0n) is 12.4. The number of carboxylic acid groups (broad SMARTS) is 1. The Morgan fingerprint density at radius 3 is 2.45 bits per heavy atom. The summed E-state index contributed by atoms with van der Waals surface area (Å²) in [5.74, 6) is -1.01. The van der Waals surface area contributed by atoms with Crippen LogP contribution in [-0.2, 0) is 4.79 Å². The van der Waals surface area contributed by atoms with Gasteiger partial charge in [-0.05, 0) is 24.1 Å². The van der Waals surface area contributed by atoms with Gasteiger partial charge in [0, 0.05) is 6.54 Å². The molecule has 5 nitrogen and oxygen atoms in total. The summed E-state index contributed by atoms with van der Waals surface area (Å²) in [6.07, 6.45) is 2.03. The van der Waals surface area contributed by atoms with Crippen LogP contribution in [0.4, 0.5) is 0 Å². The Kier molecular flexibility index (Phi) is 5.36. The quantitative estimate of drug-likeness (QED) is 0.851. The molecule has 0 unspecified atom stereocenters. The molecule has 2 rings (SSSR count). The van der Waals surface area contributed by atoms with Gasteiger partial charge in [-0.1, -0.05) is 37.3 Å². The molecule has 1 N–H and O–H groups in total. The second kappa shape index (κ2) is 7.45. The minimum atomic E-state index is -0.942. The van der Waals surface area contributed by atoms with Crippen molar-refractivity contribution in [3.8, 4) is 0 Å². The van der Waals surface area contributed by atoms with Crippen LogP contribution >= 0.6 is 0 Å². The van der Waals surface area contributed by atoms with Crippen LogP contribution in [0, 0.1) is 0 Å². The molecule has 0 radical (unpaired) electrons. The highest BCUT2D eigenvalue weighted by molar-refractivity contribution is 5.92. The molecule has 1 aromatic heterocycles. The predicted octanol–water partition coefficient (Wildman–Crippen LogP) is 3.35. The lowest BCUT2D eigenvalue weighted by molar-refractivity contribution is -0.138. The van der Waals surface area contributed by atoms with E-state index in [2.05, 4.69) is 0 Å². The third-order valence-electron chi connectivity index (χ3n) is 3.39. The second-order valence-corrected chi connectivity index (χ2v) is 5.00. The number of carbonyl (C=O) groups excluding carboxylic acids is 1. The van der Waals surface area contributed by atoms with Gasteiger partial charge in [0.2, 0.25) is 0 Å². The molecule has 1 heterocycles. The van der Waals surface area contributed by atoms with E-state index >= 15 is 0 Å². The van der Waals surface area contributed by atoms with Crippen LogP contribution in [0.2, 0.25) is 0 Å². The first-order valence-corrected chi connectivity index (χ1v) is 7.24. The molecule has 0 spiro atoms. The lowest BCUT2D eigenvalue weighted by atomic mass is 10.0. The van der Waals surface area contributed by atoms with E-state index < -0.39 is 12.0 Å². The van der Waals surface area contributed by atoms with E-state index in [1.807, 2.05) is 37.3 Å². The average Bonchev–Trinajstić information content (AvgIpc) is 3.05. The Balaban J connectivity index is 2.35. The summed E-state index contributed by atoms with van der Waals surface area (Å²) in [7, 11) is 0. The number of hydrogen-bond donors (Lipinski definition) is 1. The third kappa shape index (κ3) is 3.75. The standard InChI is InChI=1S/C17H19NO4/c1-2-10-18(17(21)15-9-6-11-22-15)14(12-16(19)20)13-7-4-3-5-8-13/h3-9,11,14H,2,10,12H2,1H3,(H,19,20)/t14-/m1/s1. The van der Waals surface area contributed by atoms with Crippen LogP contribution in [0.15, 0.2) is 53.1 Å². The zero-order chi connectivity index (χ0) is 15.9. The average molecular weight is 301 g/mol. The minimum absolute atomic E-state index is 0.142. The fraction of sp³-hybridized carbons (Fsp3) is 0.294. The van der Waals surface area contributed by atoms with Crippen molar-refractivity contribution in [3.63, 3.8) is 0 Å². The molecule has 0 fully saturated rings. The van der Waals surface area contributed by atoms with Crippen molar-refractivity contribution < 1.29 is 19.1 Å². The van der Waals surface area contributed by atoms with Gasteiger partial charge in [0.05, 0.1) is 18.7 Å². The van der Waals surface area contributed by atoms with Gasteiger partial charge in [-0.2, -0.15) is 0 Å². The van der Waals surface area contributed by atoms with Gasteiger partial charge in [0.1, 0.15) is 0 Å². The van der Waals surface area contributed by atoms with E-state index in [4.69, 9.17) is 4.42 Å². The van der Waals surface area contributed by atoms with E-state index in [0.717, 1.165) is 12.0 Å². The van der Waals surface area contributed by atoms with Crippen LogP contribution in [0.25, 0.3) is 0 Å². The minimum Gasteiger partial charge on any atom is -0.481 e. The summed E-state index contributed by atoms with van der Waals surface area (Å²) in [6.45, 7) is 2.41. The maximum absolute atomic E-state index is 12.6. The molecule has 116 valence electrons. The smallest absolute Gasteiger partial charge is 0.305 e. The molecule has 1 atom stereocenters. The van der Waals surface area contributed by atoms with Gasteiger partial charge < -0.3 is 14.4 Å². The molecule has 2 aromatic rings. The number of hydrogen-bond acceptors (Lipinski definition) is 3. The van der Waals surface area contributed by atoms with Gasteiger partial charge >= 0.3 is 5.97 Å². The van der Waals surface area contributed by atoms with E-state index in [1.165, 1.54) is 6.26 Å². The molecule has 0 aliphatic carbocycles. The molecule has 0 bridgehead atoms. The molecule has 5 heteroatoms. The topological polar surface area (TPSA) is 70.8 Å². The molecule has 0 aliphatic heterocycles. The third-order valence-corrected chi connectivity index (χ3v) is 3.39. The van der Waals surface area contributed by atoms with Crippen molar-refractivity contribution >= 4 is 11.9 Å². The second-order valence-electron chi connectivity index (χ2n) is 5.00. The number of carboxylic acids is 1. The molecular weight excluding hydrogens is 282 g/mol. The van der Waals surface area contributed by atoms with Crippen molar-refractivity contribution in [2.45, 2.75) is 25.8 Å². The molecule has 0 saturated carbocycles. The Bertz CT molecular complexity index is 607. The number of amides is 1. The highest BCUT2D eigenvalue weighted by atomic mass is 16.4. The summed E-state index contributed by atoms with van der Waals surface area (Å²) >= 11 is 0. The number of furan rings is 1. The number of benzene rings is 1. The van der Waals surface area contributed by atoms with Gasteiger partial charge in [-0.3, -0.25) is 9.59 Å². The van der Waals surface area contributed by atoms with E-state index in [0.29, 0.717) is 6.54 Å². The van der Waals surface area contributed by atoms with Crippen molar-refractivity contribution in [1.29, 1.82) is 0 Å². The van der Waals surface area contributed by atoms with Crippen LogP contribution in [0.3, 0.4) is 0 Å². The number of rotatable bonds is 7. The largest absolute Gasteiger partial charge is 0.481 e. The Morgan fingerprint density at radius 1 is 1.18 bits per heavy atom. The monoisotopic (exact) mass is 301 g/mol. The molecule has 1 amide bonds. The predicted molar refractivity (Wildman–Crippen MR) is 81.5 cm³/mol. The lowest BCUT2D eigenvalue weighted by Gasteiger charge is -2.30. The van der Waals surface area contributed by atoms with E-state index in [-0.39, 0.29) is 18.1 Å². The van der Waals surface area contributed by atoms with Gasteiger partial charge in [0.25, 0.3) is 5.91 Å². The van der Waals surface area contributed by atoms with Crippen molar-refractivity contribution in [3.05, 3.63) is 60.1 Å². The molecule has 1 aromatic carbocycles. The summed E-state index contributed by atoms with van der Waals surface area (Å²) < 4.78 is 5.17. The Hall–Kier alpha value is -2.56. The fourth-order valence-electron chi connectivity index (χ4n) is 2.43. The first kappa shape index (κ1) is 15.8. The lowest BCUT2D eigenvalue weighted by Crippen LogP contribution is -2.36. The number of carbonyl (C=O) groups is 2. The molecule has 0 saturated heterocycles. The van der Waals surface area contributed by atoms with Gasteiger partial charge in [0.15, 0.2) is 5.76 Å². The highest BCUT2D eigenvalue weighted by Crippen LogP contribution is 2.26. The number of nitrogens with zero attached hydrogens (tertiary/aromatic N) is 1. The van der Waals surface area contributed by atoms with E-state index in [1.54, 1.807) is 17.0 Å². The number of aliphatic carboxylic acids is 1. The van der Waals surface area contributed by atoms with Crippen LogP contribution in [0.1, 0.15) is 41.9 Å². The molecular formula is C17H19NO4. The maximum Gasteiger partial charge on any atom is 0.305 e. The van der Waals surface area contributed by atoms with Gasteiger partial charge in [-0.25, -0.2) is 0 Å². The van der Waals surface area contributed by atoms with Crippen molar-refractivity contribution in [1.82, 2.24) is 4.90 Å². The van der Waals surface area contributed by atoms with Crippen LogP contribution in [0.5, 0.6) is 0 Å². The Labute approximate surface area is 129 Å². The normalized spacial score (nSPS) is 11.9. The van der Waals surface area contributed by atoms with Crippen LogP contribution < -0.4 is 0 Å². The Morgan fingerprint density at radius 2 is 1.91 bits per heavy atom. The zero-order valence-corrected chi connectivity index (χ0v) is 12.4. The fourth-order valence-corrected chi connectivity index (χ4v) is 2.43. The van der Waals surface area contributed by atoms with E-state index in [9.17, 15) is 14.7 Å². The SMILES string of the molecule is CCCN(C(=O)c1ccco1)[C@H](CC(=O)O)c1ccccc1. The first-order chi connectivity index (χ1) is 10.6. The summed E-state index contributed by atoms with van der Waals surface area (Å²) in [5.41, 5.74) is 0.804. The summed E-state index contributed by atoms with van der Waals surface area (Å²) in [5, 5.41) is 9.21. The summed E-state index contributed by atoms with van der Waals surface area (Å²) in [6, 6.07) is 11.9. The highest BCUT2D eigenvalue weighted by Gasteiger charge is 2.28. The van der Waals surface area contributed by atoms with Crippen molar-refractivity contribution in [2.75, 3.05) is 6.54 Å². The maximum atomic E-state index is 12.6. The summed E-state index contributed by atoms with van der Waals surface area (Å²) in [4.78, 5) is 25.4. The molecule has 0 aliphatic rings. The molecule has 22 heavy (non-hydrogen) atoms. The van der Waals surface area contributed by atoms with Gasteiger partial charge in [-0.15, -0.1) is 0 Å². The first-order valence-electron chi connectivity index (χ1n) is 7.24. The van der Waals surface area contributed by atoms with Crippen LogP contribution in [-0.4, -0.2) is 28.4 Å². The van der Waals surface area contributed by atoms with Crippen molar-refractivity contribution in [2.24, 2.45) is 0 Å².